The lowest BCUT2D eigenvalue weighted by Crippen LogP contribution is -2.15. The molecule has 0 heterocycles. The molecular formula is C24H35BrO3. The molecule has 2 rings (SSSR count). The van der Waals surface area contributed by atoms with E-state index in [0.717, 1.165) is 52.6 Å². The second-order valence-electron chi connectivity index (χ2n) is 7.22. The van der Waals surface area contributed by atoms with Gasteiger partial charge in [0.25, 0.3) is 0 Å². The van der Waals surface area contributed by atoms with Gasteiger partial charge in [0, 0.05) is 10.7 Å². The van der Waals surface area contributed by atoms with Gasteiger partial charge < -0.3 is 14.2 Å². The average molecular weight is 451 g/mol. The Morgan fingerprint density at radius 3 is 2.54 bits per heavy atom. The van der Waals surface area contributed by atoms with Gasteiger partial charge in [-0.25, -0.2) is 0 Å². The van der Waals surface area contributed by atoms with E-state index < -0.39 is 0 Å². The first kappa shape index (κ1) is 22.9. The van der Waals surface area contributed by atoms with Crippen LogP contribution in [-0.4, -0.2) is 25.2 Å². The Balaban J connectivity index is 2.08. The number of hydrogen-bond donors (Lipinski definition) is 0. The Morgan fingerprint density at radius 2 is 1.82 bits per heavy atom. The van der Waals surface area contributed by atoms with Gasteiger partial charge in [-0.3, -0.25) is 0 Å². The van der Waals surface area contributed by atoms with Crippen molar-refractivity contribution >= 4 is 26.7 Å². The van der Waals surface area contributed by atoms with Crippen molar-refractivity contribution in [2.45, 2.75) is 71.3 Å². The van der Waals surface area contributed by atoms with Gasteiger partial charge in [-0.05, 0) is 68.2 Å². The molecule has 0 aromatic heterocycles. The van der Waals surface area contributed by atoms with Crippen molar-refractivity contribution in [2.24, 2.45) is 0 Å². The lowest BCUT2D eigenvalue weighted by atomic mass is 10.1. The lowest BCUT2D eigenvalue weighted by molar-refractivity contribution is 0.183. The molecular weight excluding hydrogens is 416 g/mol. The van der Waals surface area contributed by atoms with Gasteiger partial charge >= 0.3 is 0 Å². The van der Waals surface area contributed by atoms with Crippen LogP contribution < -0.4 is 14.2 Å². The zero-order valence-corrected chi connectivity index (χ0v) is 19.2. The molecule has 2 aromatic carbocycles. The molecule has 0 saturated heterocycles. The second-order valence-corrected chi connectivity index (χ2v) is 8.01. The molecule has 2 aromatic rings. The van der Waals surface area contributed by atoms with Crippen LogP contribution in [0.15, 0.2) is 30.3 Å². The molecule has 0 aliphatic heterocycles. The van der Waals surface area contributed by atoms with Gasteiger partial charge in [0.15, 0.2) is 11.5 Å². The summed E-state index contributed by atoms with van der Waals surface area (Å²) in [6.07, 6.45) is 9.58. The minimum absolute atomic E-state index is 0.285. The molecule has 0 radical (unpaired) electrons. The molecule has 0 amide bonds. The van der Waals surface area contributed by atoms with E-state index in [-0.39, 0.29) is 6.10 Å². The number of methoxy groups -OCH3 is 1. The zero-order chi connectivity index (χ0) is 20.2. The number of rotatable bonds is 14. The maximum absolute atomic E-state index is 6.25. The summed E-state index contributed by atoms with van der Waals surface area (Å²) in [6, 6.07) is 10.3. The molecule has 4 heteroatoms. The summed E-state index contributed by atoms with van der Waals surface area (Å²) in [5, 5.41) is 3.23. The van der Waals surface area contributed by atoms with Crippen molar-refractivity contribution in [2.75, 3.05) is 19.0 Å². The van der Waals surface area contributed by atoms with Crippen LogP contribution in [0.5, 0.6) is 17.2 Å². The number of hydrogen-bond acceptors (Lipinski definition) is 3. The largest absolute Gasteiger partial charge is 0.492 e. The van der Waals surface area contributed by atoms with Crippen molar-refractivity contribution < 1.29 is 14.2 Å². The molecule has 0 saturated carbocycles. The molecule has 1 unspecified atom stereocenters. The molecule has 0 bridgehead atoms. The third-order valence-electron chi connectivity index (χ3n) is 5.03. The van der Waals surface area contributed by atoms with Gasteiger partial charge in [-0.1, -0.05) is 48.7 Å². The predicted octanol–water partition coefficient (Wildman–Crippen LogP) is 7.53. The van der Waals surface area contributed by atoms with Crippen LogP contribution in [0.3, 0.4) is 0 Å². The first-order valence-corrected chi connectivity index (χ1v) is 11.8. The topological polar surface area (TPSA) is 27.7 Å². The summed E-state index contributed by atoms with van der Waals surface area (Å²) >= 11 is 3.47. The molecule has 0 spiro atoms. The minimum atomic E-state index is 0.285. The average Bonchev–Trinajstić information content (AvgIpc) is 2.72. The van der Waals surface area contributed by atoms with Crippen LogP contribution in [0.4, 0.5) is 0 Å². The standard InChI is InChI=1S/C24H35BrO3/c1-4-6-8-11-20(5-2)28-21-13-14-22-19(18-21)12-15-23(24(22)26-3)27-17-10-7-9-16-25/h12-15,18,20H,4-11,16-17H2,1-3H3. The summed E-state index contributed by atoms with van der Waals surface area (Å²) in [7, 11) is 1.71. The third kappa shape index (κ3) is 6.88. The number of fused-ring (bicyclic) bond motifs is 1. The van der Waals surface area contributed by atoms with E-state index in [2.05, 4.69) is 48.0 Å². The number of benzene rings is 2. The third-order valence-corrected chi connectivity index (χ3v) is 5.59. The summed E-state index contributed by atoms with van der Waals surface area (Å²) < 4.78 is 17.9. The highest BCUT2D eigenvalue weighted by atomic mass is 79.9. The fourth-order valence-corrected chi connectivity index (χ4v) is 3.77. The Kier molecular flexibility index (Phi) is 10.6. The number of alkyl halides is 1. The Hall–Kier alpha value is -1.42. The van der Waals surface area contributed by atoms with E-state index in [1.165, 1.54) is 32.1 Å². The molecule has 0 aliphatic carbocycles. The van der Waals surface area contributed by atoms with Crippen LogP contribution in [0.1, 0.15) is 65.2 Å². The molecule has 0 N–H and O–H groups in total. The Bertz CT molecular complexity index is 702. The predicted molar refractivity (Wildman–Crippen MR) is 122 cm³/mol. The molecule has 0 aliphatic rings. The van der Waals surface area contributed by atoms with Crippen molar-refractivity contribution in [3.63, 3.8) is 0 Å². The Labute approximate surface area is 178 Å². The smallest absolute Gasteiger partial charge is 0.168 e. The van der Waals surface area contributed by atoms with Crippen molar-refractivity contribution in [1.29, 1.82) is 0 Å². The van der Waals surface area contributed by atoms with E-state index in [1.54, 1.807) is 7.11 Å². The van der Waals surface area contributed by atoms with Gasteiger partial charge in [-0.15, -0.1) is 0 Å². The van der Waals surface area contributed by atoms with Gasteiger partial charge in [0.1, 0.15) is 5.75 Å². The van der Waals surface area contributed by atoms with Crippen LogP contribution in [0.2, 0.25) is 0 Å². The fourth-order valence-electron chi connectivity index (χ4n) is 3.37. The Morgan fingerprint density at radius 1 is 0.964 bits per heavy atom. The van der Waals surface area contributed by atoms with Crippen LogP contribution in [0.25, 0.3) is 10.8 Å². The summed E-state index contributed by atoms with van der Waals surface area (Å²) in [6.45, 7) is 5.15. The summed E-state index contributed by atoms with van der Waals surface area (Å²) in [5.41, 5.74) is 0. The van der Waals surface area contributed by atoms with Crippen LogP contribution in [-0.2, 0) is 0 Å². The SMILES string of the molecule is CCCCCC(CC)Oc1ccc2c(OC)c(OCCCCCBr)ccc2c1. The monoisotopic (exact) mass is 450 g/mol. The number of halogens is 1. The van der Waals surface area contributed by atoms with Crippen LogP contribution in [0, 0.1) is 0 Å². The molecule has 156 valence electrons. The van der Waals surface area contributed by atoms with Crippen molar-refractivity contribution in [3.05, 3.63) is 30.3 Å². The van der Waals surface area contributed by atoms with E-state index in [9.17, 15) is 0 Å². The molecule has 1 atom stereocenters. The second kappa shape index (κ2) is 12.9. The first-order chi connectivity index (χ1) is 13.7. The van der Waals surface area contributed by atoms with Gasteiger partial charge in [-0.2, -0.15) is 0 Å². The highest BCUT2D eigenvalue weighted by molar-refractivity contribution is 9.09. The lowest BCUT2D eigenvalue weighted by Gasteiger charge is -2.18. The normalized spacial score (nSPS) is 12.1. The van der Waals surface area contributed by atoms with Gasteiger partial charge in [0.2, 0.25) is 0 Å². The number of ether oxygens (including phenoxy) is 3. The maximum Gasteiger partial charge on any atom is 0.168 e. The summed E-state index contributed by atoms with van der Waals surface area (Å²) in [5.74, 6) is 2.55. The molecule has 0 fully saturated rings. The quantitative estimate of drug-likeness (QED) is 0.219. The maximum atomic E-state index is 6.25. The van der Waals surface area contributed by atoms with Gasteiger partial charge in [0.05, 0.1) is 19.8 Å². The summed E-state index contributed by atoms with van der Waals surface area (Å²) in [4.78, 5) is 0. The minimum Gasteiger partial charge on any atom is -0.492 e. The highest BCUT2D eigenvalue weighted by Gasteiger charge is 2.12. The molecule has 28 heavy (non-hydrogen) atoms. The zero-order valence-electron chi connectivity index (χ0n) is 17.6. The van der Waals surface area contributed by atoms with E-state index >= 15 is 0 Å². The van der Waals surface area contributed by atoms with Crippen molar-refractivity contribution in [1.82, 2.24) is 0 Å². The van der Waals surface area contributed by atoms with E-state index in [0.29, 0.717) is 6.61 Å². The highest BCUT2D eigenvalue weighted by Crippen LogP contribution is 2.37. The van der Waals surface area contributed by atoms with E-state index in [4.69, 9.17) is 14.2 Å². The van der Waals surface area contributed by atoms with Crippen molar-refractivity contribution in [3.8, 4) is 17.2 Å². The van der Waals surface area contributed by atoms with Crippen LogP contribution >= 0.6 is 15.9 Å². The molecule has 3 nitrogen and oxygen atoms in total. The fraction of sp³-hybridized carbons (Fsp3) is 0.583. The van der Waals surface area contributed by atoms with E-state index in [1.807, 2.05) is 12.1 Å². The first-order valence-electron chi connectivity index (χ1n) is 10.7. The number of unbranched alkanes of at least 4 members (excludes halogenated alkanes) is 4.